The molecule has 0 radical (unpaired) electrons. The molecule has 0 saturated carbocycles. The first kappa shape index (κ1) is 15.4. The summed E-state index contributed by atoms with van der Waals surface area (Å²) in [6, 6.07) is 7.67. The van der Waals surface area contributed by atoms with Crippen LogP contribution in [-0.2, 0) is 11.3 Å². The summed E-state index contributed by atoms with van der Waals surface area (Å²) >= 11 is 6.02. The predicted molar refractivity (Wildman–Crippen MR) is 77.8 cm³/mol. The molecule has 1 heterocycles. The molecule has 1 aliphatic heterocycles. The third-order valence-corrected chi connectivity index (χ3v) is 2.93. The van der Waals surface area contributed by atoms with Crippen molar-refractivity contribution in [1.82, 2.24) is 10.2 Å². The van der Waals surface area contributed by atoms with Crippen LogP contribution in [0.3, 0.4) is 0 Å². The van der Waals surface area contributed by atoms with E-state index in [1.54, 1.807) is 6.08 Å². The van der Waals surface area contributed by atoms with Crippen molar-refractivity contribution in [2.45, 2.75) is 12.2 Å². The molecule has 0 fully saturated rings. The first-order chi connectivity index (χ1) is 8.65. The number of hydrogen-bond donors (Lipinski definition) is 2. The highest BCUT2D eigenvalue weighted by atomic mass is 35.5. The zero-order valence-electron chi connectivity index (χ0n) is 9.99. The number of alkyl halides is 1. The number of halogens is 2. The monoisotopic (exact) mass is 300 g/mol. The molecule has 0 aromatic heterocycles. The van der Waals surface area contributed by atoms with Crippen molar-refractivity contribution < 1.29 is 9.90 Å². The Balaban J connectivity index is 0.00000180. The Bertz CT molecular complexity index is 486. The standard InChI is InChI=1S/C13H13ClN2O2.ClH/c14-13-15-7-8-16(13)9-11-3-1-10(2-4-11)5-6-12(17)18;/h1-8,13,15H,9H2,(H,17,18);1H/b6-5+;. The lowest BCUT2D eigenvalue weighted by Gasteiger charge is -2.20. The maximum absolute atomic E-state index is 10.4. The van der Waals surface area contributed by atoms with Crippen LogP contribution in [0.25, 0.3) is 6.08 Å². The minimum atomic E-state index is -0.947. The average molecular weight is 301 g/mol. The molecule has 2 rings (SSSR count). The highest BCUT2D eigenvalue weighted by molar-refractivity contribution is 6.20. The fourth-order valence-corrected chi connectivity index (χ4v) is 1.84. The van der Waals surface area contributed by atoms with E-state index in [2.05, 4.69) is 5.32 Å². The number of nitrogens with zero attached hydrogens (tertiary/aromatic N) is 1. The molecule has 0 saturated heterocycles. The number of nitrogens with one attached hydrogen (secondary N) is 1. The zero-order valence-corrected chi connectivity index (χ0v) is 11.6. The molecule has 0 spiro atoms. The summed E-state index contributed by atoms with van der Waals surface area (Å²) in [4.78, 5) is 12.3. The summed E-state index contributed by atoms with van der Waals surface area (Å²) in [5.74, 6) is -0.947. The predicted octanol–water partition coefficient (Wildman–Crippen LogP) is 2.61. The molecule has 1 unspecified atom stereocenters. The van der Waals surface area contributed by atoms with Crippen LogP contribution >= 0.6 is 24.0 Å². The summed E-state index contributed by atoms with van der Waals surface area (Å²) in [7, 11) is 0. The van der Waals surface area contributed by atoms with Crippen molar-refractivity contribution in [1.29, 1.82) is 0 Å². The Morgan fingerprint density at radius 1 is 1.42 bits per heavy atom. The van der Waals surface area contributed by atoms with Gasteiger partial charge >= 0.3 is 5.97 Å². The van der Waals surface area contributed by atoms with Gasteiger partial charge in [-0.3, -0.25) is 0 Å². The van der Waals surface area contributed by atoms with Gasteiger partial charge in [0.15, 0.2) is 5.62 Å². The van der Waals surface area contributed by atoms with Crippen molar-refractivity contribution >= 4 is 36.1 Å². The minimum Gasteiger partial charge on any atom is -0.478 e. The molecular weight excluding hydrogens is 287 g/mol. The van der Waals surface area contributed by atoms with Gasteiger partial charge in [0.1, 0.15) is 0 Å². The number of aliphatic carboxylic acids is 1. The van der Waals surface area contributed by atoms with E-state index < -0.39 is 5.97 Å². The first-order valence-electron chi connectivity index (χ1n) is 5.47. The van der Waals surface area contributed by atoms with E-state index in [4.69, 9.17) is 16.7 Å². The second-order valence-electron chi connectivity index (χ2n) is 3.90. The van der Waals surface area contributed by atoms with Crippen LogP contribution < -0.4 is 5.32 Å². The largest absolute Gasteiger partial charge is 0.478 e. The number of hydrogen-bond acceptors (Lipinski definition) is 3. The van der Waals surface area contributed by atoms with Crippen LogP contribution in [0, 0.1) is 0 Å². The van der Waals surface area contributed by atoms with Crippen LogP contribution in [0.15, 0.2) is 42.7 Å². The molecule has 0 aliphatic carbocycles. The van der Waals surface area contributed by atoms with Gasteiger partial charge in [-0.1, -0.05) is 35.9 Å². The fourth-order valence-electron chi connectivity index (χ4n) is 1.63. The molecule has 1 aliphatic rings. The van der Waals surface area contributed by atoms with Gasteiger partial charge in [0, 0.05) is 25.0 Å². The molecule has 2 N–H and O–H groups in total. The van der Waals surface area contributed by atoms with E-state index in [0.29, 0.717) is 6.54 Å². The number of benzene rings is 1. The molecule has 19 heavy (non-hydrogen) atoms. The highest BCUT2D eigenvalue weighted by Gasteiger charge is 2.14. The summed E-state index contributed by atoms with van der Waals surface area (Å²) in [5.41, 5.74) is 1.76. The Labute approximate surface area is 122 Å². The second-order valence-corrected chi connectivity index (χ2v) is 4.32. The quantitative estimate of drug-likeness (QED) is 0.510. The van der Waals surface area contributed by atoms with Gasteiger partial charge in [0.2, 0.25) is 0 Å². The summed E-state index contributed by atoms with van der Waals surface area (Å²) in [6.45, 7) is 0.709. The fraction of sp³-hybridized carbons (Fsp3) is 0.154. The number of carboxylic acids is 1. The van der Waals surface area contributed by atoms with Gasteiger partial charge in [0.05, 0.1) is 0 Å². The van der Waals surface area contributed by atoms with E-state index in [1.807, 2.05) is 41.6 Å². The van der Waals surface area contributed by atoms with Crippen molar-refractivity contribution in [3.8, 4) is 0 Å². The lowest BCUT2D eigenvalue weighted by atomic mass is 10.1. The van der Waals surface area contributed by atoms with Gasteiger partial charge in [-0.05, 0) is 17.2 Å². The van der Waals surface area contributed by atoms with Crippen LogP contribution in [0.2, 0.25) is 0 Å². The molecule has 4 nitrogen and oxygen atoms in total. The van der Waals surface area contributed by atoms with Crippen LogP contribution in [0.4, 0.5) is 0 Å². The van der Waals surface area contributed by atoms with Crippen LogP contribution in [0.5, 0.6) is 0 Å². The van der Waals surface area contributed by atoms with Gasteiger partial charge in [-0.2, -0.15) is 0 Å². The lowest BCUT2D eigenvalue weighted by molar-refractivity contribution is -0.131. The molecule has 0 bridgehead atoms. The summed E-state index contributed by atoms with van der Waals surface area (Å²) in [6.07, 6.45) is 6.39. The number of rotatable bonds is 4. The Morgan fingerprint density at radius 2 is 2.11 bits per heavy atom. The third kappa shape index (κ3) is 4.50. The van der Waals surface area contributed by atoms with E-state index in [-0.39, 0.29) is 18.0 Å². The molecule has 1 aromatic carbocycles. The van der Waals surface area contributed by atoms with Gasteiger partial charge < -0.3 is 15.3 Å². The van der Waals surface area contributed by atoms with E-state index in [1.165, 1.54) is 0 Å². The smallest absolute Gasteiger partial charge is 0.328 e. The van der Waals surface area contributed by atoms with Crippen molar-refractivity contribution in [3.63, 3.8) is 0 Å². The highest BCUT2D eigenvalue weighted by Crippen LogP contribution is 2.14. The molecule has 0 amide bonds. The number of carboxylic acid groups (broad SMARTS) is 1. The average Bonchev–Trinajstić information content (AvgIpc) is 2.74. The Kier molecular flexibility index (Phi) is 5.73. The Morgan fingerprint density at radius 3 is 2.63 bits per heavy atom. The lowest BCUT2D eigenvalue weighted by Crippen LogP contribution is -2.29. The number of carbonyl (C=O) groups is 1. The van der Waals surface area contributed by atoms with E-state index >= 15 is 0 Å². The Hall–Kier alpha value is -1.65. The first-order valence-corrected chi connectivity index (χ1v) is 5.91. The zero-order chi connectivity index (χ0) is 13.0. The van der Waals surface area contributed by atoms with Crippen LogP contribution in [-0.4, -0.2) is 21.6 Å². The van der Waals surface area contributed by atoms with E-state index in [9.17, 15) is 4.79 Å². The van der Waals surface area contributed by atoms with Gasteiger partial charge in [-0.25, -0.2) is 4.79 Å². The second kappa shape index (κ2) is 7.07. The molecule has 1 atom stereocenters. The maximum Gasteiger partial charge on any atom is 0.328 e. The minimum absolute atomic E-state index is 0. The maximum atomic E-state index is 10.4. The topological polar surface area (TPSA) is 52.6 Å². The molecule has 1 aromatic rings. The third-order valence-electron chi connectivity index (χ3n) is 2.55. The molecule has 6 heteroatoms. The normalized spacial score (nSPS) is 17.3. The summed E-state index contributed by atoms with van der Waals surface area (Å²) in [5, 5.41) is 11.5. The molecule has 102 valence electrons. The van der Waals surface area contributed by atoms with Gasteiger partial charge in [0.25, 0.3) is 0 Å². The van der Waals surface area contributed by atoms with Gasteiger partial charge in [-0.15, -0.1) is 12.4 Å². The molecular formula is C13H14Cl2N2O2. The van der Waals surface area contributed by atoms with Crippen LogP contribution in [0.1, 0.15) is 11.1 Å². The summed E-state index contributed by atoms with van der Waals surface area (Å²) < 4.78 is 0. The van der Waals surface area contributed by atoms with Crippen molar-refractivity contribution in [2.24, 2.45) is 0 Å². The SMILES string of the molecule is Cl.O=C(O)/C=C/c1ccc(CN2C=CNC2Cl)cc1. The van der Waals surface area contributed by atoms with Crippen molar-refractivity contribution in [2.75, 3.05) is 0 Å². The van der Waals surface area contributed by atoms with Crippen molar-refractivity contribution in [3.05, 3.63) is 53.9 Å². The van der Waals surface area contributed by atoms with E-state index in [0.717, 1.165) is 17.2 Å².